The number of aryl methyl sites for hydroxylation is 1. The Bertz CT molecular complexity index is 686. The topological polar surface area (TPSA) is 60.6 Å². The number of para-hydroxylation sites is 2. The van der Waals surface area contributed by atoms with Crippen LogP contribution in [0.15, 0.2) is 49.3 Å². The molecule has 6 nitrogen and oxygen atoms in total. The SMILES string of the molecule is CCCn1ccnc1CNc1ccccc1-n1cncn1. The molecular formula is C15H18N6. The van der Waals surface area contributed by atoms with Gasteiger partial charge in [0.05, 0.1) is 17.9 Å². The van der Waals surface area contributed by atoms with Crippen LogP contribution in [0, 0.1) is 0 Å². The van der Waals surface area contributed by atoms with E-state index in [1.54, 1.807) is 11.0 Å². The molecule has 1 N–H and O–H groups in total. The predicted octanol–water partition coefficient (Wildman–Crippen LogP) is 2.49. The van der Waals surface area contributed by atoms with E-state index in [0.29, 0.717) is 6.54 Å². The highest BCUT2D eigenvalue weighted by atomic mass is 15.3. The van der Waals surface area contributed by atoms with Gasteiger partial charge in [0.1, 0.15) is 18.5 Å². The number of hydrogen-bond acceptors (Lipinski definition) is 4. The zero-order valence-corrected chi connectivity index (χ0v) is 12.0. The van der Waals surface area contributed by atoms with E-state index < -0.39 is 0 Å². The second-order valence-electron chi connectivity index (χ2n) is 4.75. The molecule has 3 rings (SSSR count). The van der Waals surface area contributed by atoms with Gasteiger partial charge in [0.2, 0.25) is 0 Å². The summed E-state index contributed by atoms with van der Waals surface area (Å²) in [5.74, 6) is 1.03. The average molecular weight is 282 g/mol. The second-order valence-corrected chi connectivity index (χ2v) is 4.75. The molecule has 0 spiro atoms. The van der Waals surface area contributed by atoms with E-state index in [2.05, 4.69) is 31.9 Å². The Hall–Kier alpha value is -2.63. The highest BCUT2D eigenvalue weighted by Gasteiger charge is 2.06. The van der Waals surface area contributed by atoms with E-state index in [-0.39, 0.29) is 0 Å². The van der Waals surface area contributed by atoms with Crippen molar-refractivity contribution in [1.29, 1.82) is 0 Å². The summed E-state index contributed by atoms with van der Waals surface area (Å²) < 4.78 is 3.92. The van der Waals surface area contributed by atoms with E-state index >= 15 is 0 Å². The molecule has 0 amide bonds. The molecule has 2 heterocycles. The molecule has 0 atom stereocenters. The van der Waals surface area contributed by atoms with Crippen LogP contribution in [0.1, 0.15) is 19.2 Å². The zero-order chi connectivity index (χ0) is 14.5. The van der Waals surface area contributed by atoms with Crippen LogP contribution in [-0.2, 0) is 13.1 Å². The molecule has 21 heavy (non-hydrogen) atoms. The van der Waals surface area contributed by atoms with Crippen molar-refractivity contribution in [2.24, 2.45) is 0 Å². The first-order valence-electron chi connectivity index (χ1n) is 7.06. The lowest BCUT2D eigenvalue weighted by Gasteiger charge is -2.12. The van der Waals surface area contributed by atoms with Gasteiger partial charge in [0.25, 0.3) is 0 Å². The maximum atomic E-state index is 4.41. The first-order chi connectivity index (χ1) is 10.4. The Morgan fingerprint density at radius 3 is 2.95 bits per heavy atom. The lowest BCUT2D eigenvalue weighted by atomic mass is 10.2. The predicted molar refractivity (Wildman–Crippen MR) is 81.2 cm³/mol. The number of rotatable bonds is 6. The van der Waals surface area contributed by atoms with Crippen molar-refractivity contribution in [3.8, 4) is 5.69 Å². The van der Waals surface area contributed by atoms with Crippen LogP contribution in [0.4, 0.5) is 5.69 Å². The molecule has 6 heteroatoms. The molecule has 1 aromatic carbocycles. The van der Waals surface area contributed by atoms with Crippen molar-refractivity contribution in [2.75, 3.05) is 5.32 Å². The third kappa shape index (κ3) is 2.94. The molecule has 2 aromatic heterocycles. The lowest BCUT2D eigenvalue weighted by Crippen LogP contribution is -2.10. The van der Waals surface area contributed by atoms with Gasteiger partial charge < -0.3 is 9.88 Å². The van der Waals surface area contributed by atoms with E-state index in [9.17, 15) is 0 Å². The van der Waals surface area contributed by atoms with Crippen LogP contribution < -0.4 is 5.32 Å². The van der Waals surface area contributed by atoms with Crippen LogP contribution in [0.3, 0.4) is 0 Å². The smallest absolute Gasteiger partial charge is 0.138 e. The van der Waals surface area contributed by atoms with Gasteiger partial charge in [-0.15, -0.1) is 0 Å². The van der Waals surface area contributed by atoms with Gasteiger partial charge in [-0.1, -0.05) is 19.1 Å². The number of imidazole rings is 1. The van der Waals surface area contributed by atoms with Crippen LogP contribution in [-0.4, -0.2) is 24.3 Å². The van der Waals surface area contributed by atoms with Gasteiger partial charge >= 0.3 is 0 Å². The summed E-state index contributed by atoms with van der Waals surface area (Å²) in [6.07, 6.45) is 8.18. The first kappa shape index (κ1) is 13.4. The van der Waals surface area contributed by atoms with Crippen molar-refractivity contribution in [3.63, 3.8) is 0 Å². The Balaban J connectivity index is 1.78. The molecule has 0 fully saturated rings. The second kappa shape index (κ2) is 6.21. The first-order valence-corrected chi connectivity index (χ1v) is 7.06. The largest absolute Gasteiger partial charge is 0.376 e. The molecule has 0 saturated heterocycles. The summed E-state index contributed by atoms with van der Waals surface area (Å²) in [6.45, 7) is 3.83. The van der Waals surface area contributed by atoms with Crippen LogP contribution in [0.25, 0.3) is 5.69 Å². The lowest BCUT2D eigenvalue weighted by molar-refractivity contribution is 0.644. The van der Waals surface area contributed by atoms with Crippen molar-refractivity contribution >= 4 is 5.69 Å². The molecule has 3 aromatic rings. The van der Waals surface area contributed by atoms with Gasteiger partial charge in [-0.05, 0) is 18.6 Å². The third-order valence-electron chi connectivity index (χ3n) is 3.27. The van der Waals surface area contributed by atoms with Gasteiger partial charge in [0.15, 0.2) is 0 Å². The number of benzene rings is 1. The van der Waals surface area contributed by atoms with Crippen molar-refractivity contribution in [1.82, 2.24) is 24.3 Å². The molecule has 0 unspecified atom stereocenters. The normalized spacial score (nSPS) is 10.7. The molecule has 0 aliphatic heterocycles. The summed E-state index contributed by atoms with van der Waals surface area (Å²) in [4.78, 5) is 8.40. The van der Waals surface area contributed by atoms with Crippen molar-refractivity contribution in [3.05, 3.63) is 55.1 Å². The summed E-state index contributed by atoms with van der Waals surface area (Å²) >= 11 is 0. The number of aromatic nitrogens is 5. The van der Waals surface area contributed by atoms with Crippen molar-refractivity contribution < 1.29 is 0 Å². The molecule has 0 aliphatic carbocycles. The molecule has 0 radical (unpaired) electrons. The summed E-state index contributed by atoms with van der Waals surface area (Å²) in [5.41, 5.74) is 1.98. The van der Waals surface area contributed by atoms with Gasteiger partial charge in [-0.2, -0.15) is 5.10 Å². The number of nitrogens with one attached hydrogen (secondary N) is 1. The Labute approximate surface area is 123 Å². The summed E-state index contributed by atoms with van der Waals surface area (Å²) in [5, 5.41) is 7.61. The Morgan fingerprint density at radius 2 is 2.14 bits per heavy atom. The molecule has 108 valence electrons. The molecule has 0 aliphatic rings. The molecule has 0 saturated carbocycles. The minimum atomic E-state index is 0.679. The molecule has 0 bridgehead atoms. The Kier molecular flexibility index (Phi) is 3.95. The highest BCUT2D eigenvalue weighted by molar-refractivity contribution is 5.60. The fourth-order valence-corrected chi connectivity index (χ4v) is 2.28. The highest BCUT2D eigenvalue weighted by Crippen LogP contribution is 2.19. The standard InChI is InChI=1S/C15H18N6/c1-2-8-20-9-7-17-15(20)10-18-13-5-3-4-6-14(13)21-12-16-11-19-21/h3-7,9,11-12,18H,2,8,10H2,1H3. The van der Waals surface area contributed by atoms with E-state index in [1.165, 1.54) is 6.33 Å². The van der Waals surface area contributed by atoms with E-state index in [0.717, 1.165) is 30.2 Å². The zero-order valence-electron chi connectivity index (χ0n) is 12.0. The summed E-state index contributed by atoms with van der Waals surface area (Å²) in [7, 11) is 0. The Morgan fingerprint density at radius 1 is 1.24 bits per heavy atom. The number of anilines is 1. The van der Waals surface area contributed by atoms with Crippen LogP contribution in [0.5, 0.6) is 0 Å². The fraction of sp³-hybridized carbons (Fsp3) is 0.267. The fourth-order valence-electron chi connectivity index (χ4n) is 2.28. The average Bonchev–Trinajstić information content (AvgIpc) is 3.17. The van der Waals surface area contributed by atoms with Gasteiger partial charge in [-0.25, -0.2) is 14.6 Å². The maximum Gasteiger partial charge on any atom is 0.138 e. The van der Waals surface area contributed by atoms with E-state index in [1.807, 2.05) is 36.7 Å². The minimum absolute atomic E-state index is 0.679. The van der Waals surface area contributed by atoms with Gasteiger partial charge in [0, 0.05) is 18.9 Å². The number of hydrogen-bond donors (Lipinski definition) is 1. The minimum Gasteiger partial charge on any atom is -0.376 e. The van der Waals surface area contributed by atoms with Crippen LogP contribution >= 0.6 is 0 Å². The quantitative estimate of drug-likeness (QED) is 0.754. The number of nitrogens with zero attached hydrogens (tertiary/aromatic N) is 5. The van der Waals surface area contributed by atoms with Gasteiger partial charge in [-0.3, -0.25) is 0 Å². The summed E-state index contributed by atoms with van der Waals surface area (Å²) in [6, 6.07) is 8.03. The maximum absolute atomic E-state index is 4.41. The molecular weight excluding hydrogens is 264 g/mol. The third-order valence-corrected chi connectivity index (χ3v) is 3.27. The van der Waals surface area contributed by atoms with Crippen molar-refractivity contribution in [2.45, 2.75) is 26.4 Å². The van der Waals surface area contributed by atoms with E-state index in [4.69, 9.17) is 0 Å². The van der Waals surface area contributed by atoms with Crippen LogP contribution in [0.2, 0.25) is 0 Å². The monoisotopic (exact) mass is 282 g/mol.